The first-order valence-corrected chi connectivity index (χ1v) is 7.69. The molecule has 20 heavy (non-hydrogen) atoms. The molecule has 5 heteroatoms. The van der Waals surface area contributed by atoms with E-state index in [0.29, 0.717) is 0 Å². The molecule has 0 N–H and O–H groups in total. The van der Waals surface area contributed by atoms with E-state index < -0.39 is 0 Å². The average molecular weight is 305 g/mol. The van der Waals surface area contributed by atoms with Crippen LogP contribution < -0.4 is 0 Å². The average Bonchev–Trinajstić information content (AvgIpc) is 3.00. The molecule has 0 fully saturated rings. The lowest BCUT2D eigenvalue weighted by Crippen LogP contribution is -2.03. The second-order valence-electron chi connectivity index (χ2n) is 4.72. The molecule has 0 radical (unpaired) electrons. The zero-order chi connectivity index (χ0) is 13.7. The minimum atomic E-state index is -0.380. The molecule has 0 saturated carbocycles. The van der Waals surface area contributed by atoms with Crippen molar-refractivity contribution in [2.75, 3.05) is 0 Å². The van der Waals surface area contributed by atoms with Crippen LogP contribution >= 0.6 is 23.4 Å². The lowest BCUT2D eigenvalue weighted by Gasteiger charge is -2.14. The SMILES string of the molecule is Fc1ccc(C2SCc3nc4ccccc4n32)cc1Cl. The van der Waals surface area contributed by atoms with Crippen LogP contribution in [-0.4, -0.2) is 9.55 Å². The first kappa shape index (κ1) is 12.2. The maximum Gasteiger partial charge on any atom is 0.141 e. The van der Waals surface area contributed by atoms with Gasteiger partial charge >= 0.3 is 0 Å². The zero-order valence-corrected chi connectivity index (χ0v) is 12.0. The number of hydrogen-bond acceptors (Lipinski definition) is 2. The van der Waals surface area contributed by atoms with Gasteiger partial charge in [-0.1, -0.05) is 29.8 Å². The van der Waals surface area contributed by atoms with Crippen molar-refractivity contribution in [1.82, 2.24) is 9.55 Å². The van der Waals surface area contributed by atoms with Crippen molar-refractivity contribution in [3.63, 3.8) is 0 Å². The molecule has 2 heterocycles. The van der Waals surface area contributed by atoms with Gasteiger partial charge in [0.15, 0.2) is 0 Å². The van der Waals surface area contributed by atoms with Gasteiger partial charge in [0.1, 0.15) is 17.0 Å². The second kappa shape index (κ2) is 4.50. The van der Waals surface area contributed by atoms with Gasteiger partial charge in [-0.3, -0.25) is 0 Å². The third kappa shape index (κ3) is 1.75. The Morgan fingerprint density at radius 3 is 2.95 bits per heavy atom. The summed E-state index contributed by atoms with van der Waals surface area (Å²) in [5.41, 5.74) is 3.11. The normalized spacial score (nSPS) is 17.6. The summed E-state index contributed by atoms with van der Waals surface area (Å²) in [6.45, 7) is 0. The molecule has 1 aliphatic heterocycles. The van der Waals surface area contributed by atoms with Crippen LogP contribution in [0.3, 0.4) is 0 Å². The summed E-state index contributed by atoms with van der Waals surface area (Å²) < 4.78 is 15.5. The molecule has 3 aromatic rings. The van der Waals surface area contributed by atoms with Crippen molar-refractivity contribution in [3.05, 3.63) is 64.7 Å². The van der Waals surface area contributed by atoms with Gasteiger partial charge in [0.25, 0.3) is 0 Å². The van der Waals surface area contributed by atoms with Crippen LogP contribution in [0.1, 0.15) is 16.8 Å². The smallest absolute Gasteiger partial charge is 0.141 e. The minimum absolute atomic E-state index is 0.107. The first-order valence-electron chi connectivity index (χ1n) is 6.26. The third-order valence-corrected chi connectivity index (χ3v) is 5.02. The molecule has 0 amide bonds. The van der Waals surface area contributed by atoms with Crippen molar-refractivity contribution in [1.29, 1.82) is 0 Å². The number of hydrogen-bond donors (Lipinski definition) is 0. The number of fused-ring (bicyclic) bond motifs is 3. The van der Waals surface area contributed by atoms with E-state index in [0.717, 1.165) is 28.2 Å². The van der Waals surface area contributed by atoms with Crippen LogP contribution in [0.5, 0.6) is 0 Å². The van der Waals surface area contributed by atoms with Gasteiger partial charge in [-0.15, -0.1) is 11.8 Å². The van der Waals surface area contributed by atoms with Crippen LogP contribution in [-0.2, 0) is 5.75 Å². The number of halogens is 2. The maximum atomic E-state index is 13.3. The van der Waals surface area contributed by atoms with Crippen LogP contribution in [0, 0.1) is 5.82 Å². The molecule has 0 bridgehead atoms. The molecule has 0 saturated heterocycles. The Hall–Kier alpha value is -1.52. The van der Waals surface area contributed by atoms with Crippen LogP contribution in [0.15, 0.2) is 42.5 Å². The molecule has 1 atom stereocenters. The quantitative estimate of drug-likeness (QED) is 0.652. The standard InChI is InChI=1S/C15H10ClFN2S/c16-10-7-9(5-6-11(10)17)15-19-13-4-2-1-3-12(13)18-14(19)8-20-15/h1-7,15H,8H2. The lowest BCUT2D eigenvalue weighted by molar-refractivity contribution is 0.626. The summed E-state index contributed by atoms with van der Waals surface area (Å²) in [7, 11) is 0. The minimum Gasteiger partial charge on any atom is -0.310 e. The predicted molar refractivity (Wildman–Crippen MR) is 80.6 cm³/mol. The fourth-order valence-corrected chi connectivity index (χ4v) is 4.02. The second-order valence-corrected chi connectivity index (χ2v) is 6.20. The van der Waals surface area contributed by atoms with E-state index in [2.05, 4.69) is 15.6 Å². The zero-order valence-electron chi connectivity index (χ0n) is 10.4. The Morgan fingerprint density at radius 1 is 1.25 bits per heavy atom. The highest BCUT2D eigenvalue weighted by atomic mass is 35.5. The number of rotatable bonds is 1. The number of imidazole rings is 1. The fraction of sp³-hybridized carbons (Fsp3) is 0.133. The number of nitrogens with zero attached hydrogens (tertiary/aromatic N) is 2. The summed E-state index contributed by atoms with van der Waals surface area (Å²) in [6, 6.07) is 13.0. The van der Waals surface area contributed by atoms with Crippen LogP contribution in [0.4, 0.5) is 4.39 Å². The summed E-state index contributed by atoms with van der Waals surface area (Å²) in [4.78, 5) is 4.64. The Morgan fingerprint density at radius 2 is 2.10 bits per heavy atom. The molecule has 4 rings (SSSR count). The summed E-state index contributed by atoms with van der Waals surface area (Å²) >= 11 is 7.68. The number of aromatic nitrogens is 2. The number of para-hydroxylation sites is 2. The van der Waals surface area contributed by atoms with Gasteiger partial charge in [0.2, 0.25) is 0 Å². The number of thioether (sulfide) groups is 1. The summed E-state index contributed by atoms with van der Waals surface area (Å²) in [5.74, 6) is 1.53. The van der Waals surface area contributed by atoms with E-state index >= 15 is 0 Å². The van der Waals surface area contributed by atoms with E-state index in [1.807, 2.05) is 18.2 Å². The Balaban J connectivity index is 1.89. The van der Waals surface area contributed by atoms with Gasteiger partial charge in [-0.2, -0.15) is 0 Å². The first-order chi connectivity index (χ1) is 9.74. The Kier molecular flexibility index (Phi) is 2.75. The molecule has 1 unspecified atom stereocenters. The third-order valence-electron chi connectivity index (χ3n) is 3.50. The van der Waals surface area contributed by atoms with Crippen molar-refractivity contribution in [3.8, 4) is 0 Å². The highest BCUT2D eigenvalue weighted by Gasteiger charge is 2.27. The predicted octanol–water partition coefficient (Wildman–Crippen LogP) is 4.62. The Bertz CT molecular complexity index is 815. The van der Waals surface area contributed by atoms with E-state index in [1.54, 1.807) is 23.9 Å². The van der Waals surface area contributed by atoms with Gasteiger partial charge < -0.3 is 4.57 Å². The summed E-state index contributed by atoms with van der Waals surface area (Å²) in [6.07, 6.45) is 0. The molecule has 0 spiro atoms. The highest BCUT2D eigenvalue weighted by Crippen LogP contribution is 2.43. The van der Waals surface area contributed by atoms with Gasteiger partial charge in [0.05, 0.1) is 21.8 Å². The van der Waals surface area contributed by atoms with Gasteiger partial charge in [-0.05, 0) is 29.8 Å². The molecule has 100 valence electrons. The van der Waals surface area contributed by atoms with Gasteiger partial charge in [0, 0.05) is 0 Å². The lowest BCUT2D eigenvalue weighted by atomic mass is 10.2. The molecular weight excluding hydrogens is 295 g/mol. The van der Waals surface area contributed by atoms with E-state index in [-0.39, 0.29) is 16.2 Å². The van der Waals surface area contributed by atoms with Crippen LogP contribution in [0.2, 0.25) is 5.02 Å². The fourth-order valence-electron chi connectivity index (χ4n) is 2.60. The topological polar surface area (TPSA) is 17.8 Å². The monoisotopic (exact) mass is 304 g/mol. The molecule has 1 aliphatic rings. The van der Waals surface area contributed by atoms with Crippen molar-refractivity contribution in [2.45, 2.75) is 11.1 Å². The van der Waals surface area contributed by atoms with Crippen LogP contribution in [0.25, 0.3) is 11.0 Å². The molecule has 2 aromatic carbocycles. The maximum absolute atomic E-state index is 13.3. The van der Waals surface area contributed by atoms with E-state index in [4.69, 9.17) is 11.6 Å². The molecular formula is C15H10ClFN2S. The molecule has 2 nitrogen and oxygen atoms in total. The summed E-state index contributed by atoms with van der Waals surface area (Å²) in [5, 5.41) is 0.275. The molecule has 1 aromatic heterocycles. The Labute approximate surface area is 124 Å². The van der Waals surface area contributed by atoms with Crippen molar-refractivity contribution < 1.29 is 4.39 Å². The van der Waals surface area contributed by atoms with E-state index in [9.17, 15) is 4.39 Å². The molecule has 0 aliphatic carbocycles. The van der Waals surface area contributed by atoms with Crippen molar-refractivity contribution >= 4 is 34.4 Å². The van der Waals surface area contributed by atoms with Gasteiger partial charge in [-0.25, -0.2) is 9.37 Å². The largest absolute Gasteiger partial charge is 0.310 e. The highest BCUT2D eigenvalue weighted by molar-refractivity contribution is 7.99. The van der Waals surface area contributed by atoms with E-state index in [1.165, 1.54) is 6.07 Å². The van der Waals surface area contributed by atoms with Crippen molar-refractivity contribution in [2.24, 2.45) is 0 Å². The number of benzene rings is 2.